The van der Waals surface area contributed by atoms with E-state index in [2.05, 4.69) is 9.97 Å². The molecule has 0 unspecified atom stereocenters. The summed E-state index contributed by atoms with van der Waals surface area (Å²) in [5.74, 6) is -0.255. The summed E-state index contributed by atoms with van der Waals surface area (Å²) < 4.78 is 14.2. The molecule has 0 bridgehead atoms. The summed E-state index contributed by atoms with van der Waals surface area (Å²) in [4.78, 5) is 8.14. The van der Waals surface area contributed by atoms with Gasteiger partial charge in [-0.1, -0.05) is 24.3 Å². The van der Waals surface area contributed by atoms with Crippen LogP contribution in [0.4, 0.5) is 4.39 Å². The Morgan fingerprint density at radius 3 is 2.05 bits per heavy atom. The average molecular weight is 250 g/mol. The Hall–Kier alpha value is -2.55. The van der Waals surface area contributed by atoms with Crippen LogP contribution in [-0.2, 0) is 0 Å². The number of halogens is 1. The highest BCUT2D eigenvalue weighted by Crippen LogP contribution is 2.33. The second-order valence-corrected chi connectivity index (χ2v) is 4.15. The molecule has 2 nitrogen and oxygen atoms in total. The van der Waals surface area contributed by atoms with Crippen molar-refractivity contribution in [1.82, 2.24) is 9.97 Å². The van der Waals surface area contributed by atoms with Crippen LogP contribution in [0.5, 0.6) is 0 Å². The Labute approximate surface area is 110 Å². The van der Waals surface area contributed by atoms with Crippen LogP contribution >= 0.6 is 0 Å². The highest BCUT2D eigenvalue weighted by molar-refractivity contribution is 5.83. The zero-order valence-corrected chi connectivity index (χ0v) is 10.1. The largest absolute Gasteiger partial charge is 0.264 e. The second-order valence-electron chi connectivity index (χ2n) is 4.15. The number of hydrogen-bond donors (Lipinski definition) is 0. The van der Waals surface area contributed by atoms with Gasteiger partial charge in [0.1, 0.15) is 5.82 Å². The smallest absolute Gasteiger partial charge is 0.131 e. The quantitative estimate of drug-likeness (QED) is 0.688. The van der Waals surface area contributed by atoms with Crippen molar-refractivity contribution in [3.05, 3.63) is 73.1 Å². The maximum absolute atomic E-state index is 14.2. The fraction of sp³-hybridized carbons (Fsp3) is 0. The van der Waals surface area contributed by atoms with Crippen LogP contribution in [0.15, 0.2) is 67.3 Å². The summed E-state index contributed by atoms with van der Waals surface area (Å²) in [6.07, 6.45) is 6.77. The third-order valence-corrected chi connectivity index (χ3v) is 2.94. The predicted octanol–water partition coefficient (Wildman–Crippen LogP) is 3.95. The Morgan fingerprint density at radius 1 is 0.737 bits per heavy atom. The third-order valence-electron chi connectivity index (χ3n) is 2.94. The fourth-order valence-electron chi connectivity index (χ4n) is 2.09. The lowest BCUT2D eigenvalue weighted by molar-refractivity contribution is 0.631. The van der Waals surface area contributed by atoms with Gasteiger partial charge in [0.05, 0.1) is 0 Å². The molecule has 3 aromatic rings. The SMILES string of the molecule is Fc1cccc(-c2cccnc2)c1-c1cccnc1. The molecule has 0 aliphatic carbocycles. The number of hydrogen-bond acceptors (Lipinski definition) is 2. The molecule has 0 amide bonds. The van der Waals surface area contributed by atoms with Crippen molar-refractivity contribution in [3.8, 4) is 22.3 Å². The van der Waals surface area contributed by atoms with Crippen molar-refractivity contribution in [2.75, 3.05) is 0 Å². The summed E-state index contributed by atoms with van der Waals surface area (Å²) in [5, 5.41) is 0. The van der Waals surface area contributed by atoms with Gasteiger partial charge in [-0.2, -0.15) is 0 Å². The first-order chi connectivity index (χ1) is 9.36. The molecule has 0 aliphatic rings. The molecule has 0 fully saturated rings. The predicted molar refractivity (Wildman–Crippen MR) is 72.9 cm³/mol. The minimum Gasteiger partial charge on any atom is -0.264 e. The van der Waals surface area contributed by atoms with E-state index in [4.69, 9.17) is 0 Å². The topological polar surface area (TPSA) is 25.8 Å². The molecule has 0 spiro atoms. The van der Waals surface area contributed by atoms with Gasteiger partial charge in [-0.15, -0.1) is 0 Å². The van der Waals surface area contributed by atoms with Gasteiger partial charge in [0, 0.05) is 41.5 Å². The van der Waals surface area contributed by atoms with Crippen LogP contribution in [0.2, 0.25) is 0 Å². The Morgan fingerprint density at radius 2 is 1.42 bits per heavy atom. The second kappa shape index (κ2) is 4.98. The van der Waals surface area contributed by atoms with Crippen LogP contribution < -0.4 is 0 Å². The highest BCUT2D eigenvalue weighted by atomic mass is 19.1. The van der Waals surface area contributed by atoms with Crippen LogP contribution in [0, 0.1) is 5.82 Å². The van der Waals surface area contributed by atoms with E-state index >= 15 is 0 Å². The van der Waals surface area contributed by atoms with Gasteiger partial charge in [-0.05, 0) is 23.8 Å². The van der Waals surface area contributed by atoms with E-state index in [-0.39, 0.29) is 5.82 Å². The van der Waals surface area contributed by atoms with E-state index in [0.717, 1.165) is 16.7 Å². The maximum atomic E-state index is 14.2. The first kappa shape index (κ1) is 11.5. The number of benzene rings is 1. The molecule has 0 atom stereocenters. The zero-order valence-electron chi connectivity index (χ0n) is 10.1. The van der Waals surface area contributed by atoms with Crippen molar-refractivity contribution in [3.63, 3.8) is 0 Å². The molecule has 92 valence electrons. The molecule has 3 rings (SSSR count). The van der Waals surface area contributed by atoms with Gasteiger partial charge in [-0.3, -0.25) is 9.97 Å². The van der Waals surface area contributed by atoms with E-state index in [1.165, 1.54) is 6.07 Å². The molecule has 1 aromatic carbocycles. The third kappa shape index (κ3) is 2.22. The van der Waals surface area contributed by atoms with Gasteiger partial charge in [0.15, 0.2) is 0 Å². The molecule has 2 heterocycles. The number of rotatable bonds is 2. The van der Waals surface area contributed by atoms with Crippen LogP contribution in [0.1, 0.15) is 0 Å². The molecular weight excluding hydrogens is 239 g/mol. The van der Waals surface area contributed by atoms with E-state index in [9.17, 15) is 4.39 Å². The van der Waals surface area contributed by atoms with Crippen LogP contribution in [-0.4, -0.2) is 9.97 Å². The van der Waals surface area contributed by atoms with Crippen molar-refractivity contribution in [1.29, 1.82) is 0 Å². The Bertz CT molecular complexity index is 682. The number of pyridine rings is 2. The van der Waals surface area contributed by atoms with E-state index in [0.29, 0.717) is 5.56 Å². The minimum absolute atomic E-state index is 0.255. The first-order valence-corrected chi connectivity index (χ1v) is 5.95. The van der Waals surface area contributed by atoms with E-state index in [1.54, 1.807) is 36.9 Å². The Kier molecular flexibility index (Phi) is 3.02. The fourth-order valence-corrected chi connectivity index (χ4v) is 2.09. The summed E-state index contributed by atoms with van der Waals surface area (Å²) >= 11 is 0. The first-order valence-electron chi connectivity index (χ1n) is 5.95. The van der Waals surface area contributed by atoms with Crippen LogP contribution in [0.25, 0.3) is 22.3 Å². The molecule has 19 heavy (non-hydrogen) atoms. The van der Waals surface area contributed by atoms with Crippen molar-refractivity contribution < 1.29 is 4.39 Å². The van der Waals surface area contributed by atoms with Crippen molar-refractivity contribution in [2.45, 2.75) is 0 Å². The lowest BCUT2D eigenvalue weighted by atomic mass is 9.96. The minimum atomic E-state index is -0.255. The van der Waals surface area contributed by atoms with Gasteiger partial charge < -0.3 is 0 Å². The molecule has 0 saturated heterocycles. The number of nitrogens with zero attached hydrogens (tertiary/aromatic N) is 2. The number of aromatic nitrogens is 2. The molecule has 0 N–H and O–H groups in total. The molecule has 3 heteroatoms. The molecule has 0 saturated carbocycles. The van der Waals surface area contributed by atoms with Gasteiger partial charge >= 0.3 is 0 Å². The molecular formula is C16H11FN2. The monoisotopic (exact) mass is 250 g/mol. The molecule has 0 aliphatic heterocycles. The normalized spacial score (nSPS) is 10.4. The zero-order chi connectivity index (χ0) is 13.1. The maximum Gasteiger partial charge on any atom is 0.131 e. The van der Waals surface area contributed by atoms with Gasteiger partial charge in [-0.25, -0.2) is 4.39 Å². The van der Waals surface area contributed by atoms with Gasteiger partial charge in [0.25, 0.3) is 0 Å². The standard InChI is InChI=1S/C16H11FN2/c17-15-7-1-6-14(12-4-2-8-18-10-12)16(15)13-5-3-9-19-11-13/h1-11H. The van der Waals surface area contributed by atoms with Crippen LogP contribution in [0.3, 0.4) is 0 Å². The average Bonchev–Trinajstić information content (AvgIpc) is 2.49. The molecule has 0 radical (unpaired) electrons. The summed E-state index contributed by atoms with van der Waals surface area (Å²) in [5.41, 5.74) is 3.03. The lowest BCUT2D eigenvalue weighted by Gasteiger charge is -2.10. The Balaban J connectivity index is 2.25. The van der Waals surface area contributed by atoms with Crippen molar-refractivity contribution in [2.24, 2.45) is 0 Å². The lowest BCUT2D eigenvalue weighted by Crippen LogP contribution is -1.90. The highest BCUT2D eigenvalue weighted by Gasteiger charge is 2.12. The molecule has 2 aromatic heterocycles. The van der Waals surface area contributed by atoms with E-state index in [1.807, 2.05) is 24.3 Å². The summed E-state index contributed by atoms with van der Waals surface area (Å²) in [7, 11) is 0. The van der Waals surface area contributed by atoms with E-state index < -0.39 is 0 Å². The summed E-state index contributed by atoms with van der Waals surface area (Å²) in [6, 6.07) is 12.5. The van der Waals surface area contributed by atoms with Gasteiger partial charge in [0.2, 0.25) is 0 Å². The summed E-state index contributed by atoms with van der Waals surface area (Å²) in [6.45, 7) is 0. The van der Waals surface area contributed by atoms with Crippen molar-refractivity contribution >= 4 is 0 Å².